The Morgan fingerprint density at radius 2 is 1.28 bits per heavy atom. The average molecular weight is 784 g/mol. The minimum absolute atomic E-state index is 0.606. The van der Waals surface area contributed by atoms with Crippen molar-refractivity contribution in [3.05, 3.63) is 218 Å². The number of allylic oxidation sites excluding steroid dienone is 5. The molecular weight excluding hydrogens is 747 g/mol. The molecule has 288 valence electrons. The van der Waals surface area contributed by atoms with Crippen molar-refractivity contribution in [3.63, 3.8) is 0 Å². The van der Waals surface area contributed by atoms with Crippen molar-refractivity contribution in [2.45, 2.75) is 6.92 Å². The first-order chi connectivity index (χ1) is 30.0. The van der Waals surface area contributed by atoms with Crippen molar-refractivity contribution >= 4 is 71.2 Å². The number of nitrogens with zero attached hydrogens (tertiary/aromatic N) is 5. The molecule has 8 aromatic carbocycles. The van der Waals surface area contributed by atoms with Gasteiger partial charge in [-0.15, -0.1) is 10.2 Å². The normalized spacial score (nSPS) is 12.3. The first kappa shape index (κ1) is 35.9. The van der Waals surface area contributed by atoms with Gasteiger partial charge in [-0.2, -0.15) is 4.80 Å². The summed E-state index contributed by atoms with van der Waals surface area (Å²) in [4.78, 5) is 12.5. The molecule has 0 aliphatic carbocycles. The molecule has 11 aromatic rings. The Morgan fingerprint density at radius 1 is 0.574 bits per heavy atom. The number of hydrogen-bond donors (Lipinski definition) is 0. The topological polar surface area (TPSA) is 69.6 Å². The first-order valence-electron chi connectivity index (χ1n) is 20.3. The number of furan rings is 1. The Bertz CT molecular complexity index is 3550. The van der Waals surface area contributed by atoms with E-state index in [9.17, 15) is 0 Å². The summed E-state index contributed by atoms with van der Waals surface area (Å²) in [7, 11) is 0. The van der Waals surface area contributed by atoms with Gasteiger partial charge in [0.1, 0.15) is 22.2 Å². The summed E-state index contributed by atoms with van der Waals surface area (Å²) in [6.07, 6.45) is 4.33. The number of hydrogen-bond acceptors (Lipinski definition) is 5. The highest BCUT2D eigenvalue weighted by Gasteiger charge is 2.19. The van der Waals surface area contributed by atoms with Crippen LogP contribution in [0, 0.1) is 0 Å². The maximum Gasteiger partial charge on any atom is 0.160 e. The third-order valence-electron chi connectivity index (χ3n) is 11.4. The molecule has 0 aliphatic rings. The smallest absolute Gasteiger partial charge is 0.160 e. The number of aromatic nitrogens is 5. The summed E-state index contributed by atoms with van der Waals surface area (Å²) in [6, 6.07) is 62.1. The lowest BCUT2D eigenvalue weighted by atomic mass is 9.96. The molecule has 0 amide bonds. The Labute approximate surface area is 352 Å². The fraction of sp³-hybridized carbons (Fsp3) is 0.0182. The predicted molar refractivity (Wildman–Crippen MR) is 251 cm³/mol. The highest BCUT2D eigenvalue weighted by molar-refractivity contribution is 6.18. The van der Waals surface area contributed by atoms with Crippen molar-refractivity contribution in [3.8, 4) is 28.3 Å². The zero-order chi connectivity index (χ0) is 40.9. The number of benzene rings is 8. The SMILES string of the molecule is C=C(/C=C(\C=C(/C)c1ccccc1)c1cc(-c2cccc3oc4ccccc4c23)nc(-c2ccc3c(ccc4ccc5nn(-c6ccccc6)nc5c43)c2)n1)c1ccccc1. The van der Waals surface area contributed by atoms with Crippen LogP contribution >= 0.6 is 0 Å². The van der Waals surface area contributed by atoms with Gasteiger partial charge in [0.25, 0.3) is 0 Å². The highest BCUT2D eigenvalue weighted by Crippen LogP contribution is 2.39. The van der Waals surface area contributed by atoms with E-state index in [0.717, 1.165) is 111 Å². The van der Waals surface area contributed by atoms with Gasteiger partial charge in [0.2, 0.25) is 0 Å². The van der Waals surface area contributed by atoms with Gasteiger partial charge in [0, 0.05) is 32.9 Å². The molecule has 0 aliphatic heterocycles. The maximum absolute atomic E-state index is 6.36. The van der Waals surface area contributed by atoms with Crippen LogP contribution in [0.5, 0.6) is 0 Å². The third kappa shape index (κ3) is 6.57. The predicted octanol–water partition coefficient (Wildman–Crippen LogP) is 14.0. The zero-order valence-corrected chi connectivity index (χ0v) is 33.3. The number of fused-ring (bicyclic) bond motifs is 8. The third-order valence-corrected chi connectivity index (χ3v) is 11.4. The molecule has 0 bridgehead atoms. The molecule has 11 rings (SSSR count). The monoisotopic (exact) mass is 783 g/mol. The molecule has 0 radical (unpaired) electrons. The summed E-state index contributed by atoms with van der Waals surface area (Å²) >= 11 is 0. The van der Waals surface area contributed by atoms with Crippen LogP contribution in [0.3, 0.4) is 0 Å². The van der Waals surface area contributed by atoms with Gasteiger partial charge in [-0.25, -0.2) is 9.97 Å². The molecule has 6 heteroatoms. The van der Waals surface area contributed by atoms with Crippen molar-refractivity contribution in [2.24, 2.45) is 0 Å². The molecular formula is C55H37N5O. The molecule has 0 saturated heterocycles. The molecule has 0 unspecified atom stereocenters. The van der Waals surface area contributed by atoms with Crippen LogP contribution in [0.25, 0.3) is 99.6 Å². The van der Waals surface area contributed by atoms with Gasteiger partial charge in [-0.05, 0) is 100.0 Å². The van der Waals surface area contributed by atoms with Gasteiger partial charge in [-0.1, -0.05) is 146 Å². The minimum atomic E-state index is 0.606. The van der Waals surface area contributed by atoms with E-state index in [4.69, 9.17) is 24.6 Å². The van der Waals surface area contributed by atoms with Crippen molar-refractivity contribution in [2.75, 3.05) is 0 Å². The second-order valence-corrected chi connectivity index (χ2v) is 15.3. The molecule has 0 N–H and O–H groups in total. The van der Waals surface area contributed by atoms with Crippen LogP contribution in [0.2, 0.25) is 0 Å². The van der Waals surface area contributed by atoms with Crippen LogP contribution in [-0.2, 0) is 0 Å². The summed E-state index contributed by atoms with van der Waals surface area (Å²) in [5.74, 6) is 0.606. The molecule has 0 atom stereocenters. The minimum Gasteiger partial charge on any atom is -0.456 e. The van der Waals surface area contributed by atoms with Crippen LogP contribution in [-0.4, -0.2) is 25.0 Å². The Hall–Kier alpha value is -8.22. The standard InChI is InChI=1S/C55H37N5O/c1-35(37-15-6-3-7-16-37)31-42(32-36(2)38-17-8-4-9-18-38)48-34-49(45-22-14-24-51-53(45)46-21-12-13-23-50(46)61-51)57-55(56-48)41-27-29-44-40(33-41)26-25-39-28-30-47-54(52(39)44)59-60(58-47)43-19-10-5-11-20-43/h3-34H,1H2,2H3/b36-32+,42-31+. The lowest BCUT2D eigenvalue weighted by Crippen LogP contribution is -1.99. The average Bonchev–Trinajstić information content (AvgIpc) is 3.94. The van der Waals surface area contributed by atoms with E-state index < -0.39 is 0 Å². The second kappa shape index (κ2) is 14.9. The molecule has 0 saturated carbocycles. The van der Waals surface area contributed by atoms with Crippen molar-refractivity contribution in [1.82, 2.24) is 25.0 Å². The fourth-order valence-corrected chi connectivity index (χ4v) is 8.32. The highest BCUT2D eigenvalue weighted by atomic mass is 16.3. The van der Waals surface area contributed by atoms with Gasteiger partial charge in [0.05, 0.1) is 17.1 Å². The number of para-hydroxylation sites is 2. The lowest BCUT2D eigenvalue weighted by molar-refractivity contribution is 0.669. The van der Waals surface area contributed by atoms with Crippen LogP contribution in [0.1, 0.15) is 23.7 Å². The van der Waals surface area contributed by atoms with Crippen molar-refractivity contribution in [1.29, 1.82) is 0 Å². The molecule has 3 aromatic heterocycles. The van der Waals surface area contributed by atoms with E-state index >= 15 is 0 Å². The van der Waals surface area contributed by atoms with E-state index in [-0.39, 0.29) is 0 Å². The molecule has 3 heterocycles. The summed E-state index contributed by atoms with van der Waals surface area (Å²) in [5, 5.41) is 16.2. The quantitative estimate of drug-likeness (QED) is 0.113. The Morgan fingerprint density at radius 3 is 2.10 bits per heavy atom. The summed E-state index contributed by atoms with van der Waals surface area (Å²) in [6.45, 7) is 6.66. The summed E-state index contributed by atoms with van der Waals surface area (Å²) < 4.78 is 6.36. The largest absolute Gasteiger partial charge is 0.456 e. The second-order valence-electron chi connectivity index (χ2n) is 15.3. The fourth-order valence-electron chi connectivity index (χ4n) is 8.32. The molecule has 0 fully saturated rings. The molecule has 0 spiro atoms. The van der Waals surface area contributed by atoms with Crippen LogP contribution < -0.4 is 0 Å². The van der Waals surface area contributed by atoms with E-state index in [2.05, 4.69) is 117 Å². The summed E-state index contributed by atoms with van der Waals surface area (Å²) in [5.41, 5.74) is 12.7. The van der Waals surface area contributed by atoms with E-state index in [0.29, 0.717) is 5.82 Å². The van der Waals surface area contributed by atoms with E-state index in [1.165, 1.54) is 0 Å². The van der Waals surface area contributed by atoms with Gasteiger partial charge < -0.3 is 4.42 Å². The van der Waals surface area contributed by atoms with Gasteiger partial charge in [0.15, 0.2) is 5.82 Å². The molecule has 6 nitrogen and oxygen atoms in total. The van der Waals surface area contributed by atoms with Crippen LogP contribution in [0.15, 0.2) is 205 Å². The van der Waals surface area contributed by atoms with Gasteiger partial charge in [-0.3, -0.25) is 0 Å². The Balaban J connectivity index is 1.13. The van der Waals surface area contributed by atoms with Gasteiger partial charge >= 0.3 is 0 Å². The first-order valence-corrected chi connectivity index (χ1v) is 20.3. The lowest BCUT2D eigenvalue weighted by Gasteiger charge is -2.13. The van der Waals surface area contributed by atoms with E-state index in [1.54, 1.807) is 4.80 Å². The molecule has 61 heavy (non-hydrogen) atoms. The van der Waals surface area contributed by atoms with Crippen molar-refractivity contribution < 1.29 is 4.42 Å². The van der Waals surface area contributed by atoms with Crippen LogP contribution in [0.4, 0.5) is 0 Å². The zero-order valence-electron chi connectivity index (χ0n) is 33.3. The Kier molecular flexibility index (Phi) is 8.75. The number of rotatable bonds is 8. The van der Waals surface area contributed by atoms with E-state index in [1.807, 2.05) is 91.0 Å². The maximum atomic E-state index is 6.36.